The predicted molar refractivity (Wildman–Crippen MR) is 109 cm³/mol. The molecule has 0 unspecified atom stereocenters. The van der Waals surface area contributed by atoms with E-state index in [1.165, 1.54) is 6.07 Å². The fraction of sp³-hybridized carbons (Fsp3) is 0.273. The second-order valence-corrected chi connectivity index (χ2v) is 7.76. The highest BCUT2D eigenvalue weighted by Crippen LogP contribution is 2.43. The summed E-state index contributed by atoms with van der Waals surface area (Å²) in [4.78, 5) is 12.6. The molecule has 5 nitrogen and oxygen atoms in total. The third kappa shape index (κ3) is 4.67. The van der Waals surface area contributed by atoms with E-state index < -0.39 is 47.3 Å². The first-order valence-electron chi connectivity index (χ1n) is 9.90. The van der Waals surface area contributed by atoms with Gasteiger partial charge in [-0.3, -0.25) is 4.79 Å². The fourth-order valence-electron chi connectivity index (χ4n) is 3.73. The summed E-state index contributed by atoms with van der Waals surface area (Å²) in [7, 11) is 0. The van der Waals surface area contributed by atoms with E-state index in [9.17, 15) is 31.1 Å². The van der Waals surface area contributed by atoms with E-state index in [4.69, 9.17) is 0 Å². The van der Waals surface area contributed by atoms with E-state index in [2.05, 4.69) is 15.7 Å². The molecule has 2 N–H and O–H groups in total. The molecule has 0 saturated carbocycles. The van der Waals surface area contributed by atoms with Crippen LogP contribution in [0.1, 0.15) is 45.7 Å². The Labute approximate surface area is 184 Å². The maximum Gasteiger partial charge on any atom is 0.418 e. The molecule has 0 saturated heterocycles. The number of benzene rings is 2. The van der Waals surface area contributed by atoms with E-state index in [-0.39, 0.29) is 12.2 Å². The molecular formula is C22H18F6N4O. The average molecular weight is 468 g/mol. The summed E-state index contributed by atoms with van der Waals surface area (Å²) in [6, 6.07) is 9.71. The molecule has 0 bridgehead atoms. The molecule has 0 fully saturated rings. The van der Waals surface area contributed by atoms with Gasteiger partial charge < -0.3 is 10.6 Å². The summed E-state index contributed by atoms with van der Waals surface area (Å²) in [6.07, 6.45) is -9.73. The van der Waals surface area contributed by atoms with Crippen molar-refractivity contribution in [3.8, 4) is 0 Å². The highest BCUT2D eigenvalue weighted by atomic mass is 19.4. The van der Waals surface area contributed by atoms with Crippen molar-refractivity contribution in [3.63, 3.8) is 0 Å². The van der Waals surface area contributed by atoms with Gasteiger partial charge in [0.05, 0.1) is 17.3 Å². The minimum absolute atomic E-state index is 0.0524. The van der Waals surface area contributed by atoms with Crippen LogP contribution < -0.4 is 10.6 Å². The molecule has 0 radical (unpaired) electrons. The zero-order valence-corrected chi connectivity index (χ0v) is 17.1. The minimum atomic E-state index is -4.72. The number of nitrogens with zero attached hydrogens (tertiary/aromatic N) is 2. The van der Waals surface area contributed by atoms with Crippen molar-refractivity contribution in [2.24, 2.45) is 0 Å². The molecule has 2 heterocycles. The van der Waals surface area contributed by atoms with Crippen molar-refractivity contribution in [2.75, 3.05) is 10.6 Å². The highest BCUT2D eigenvalue weighted by molar-refractivity contribution is 6.03. The van der Waals surface area contributed by atoms with Crippen LogP contribution in [0.4, 0.5) is 37.8 Å². The molecule has 33 heavy (non-hydrogen) atoms. The van der Waals surface area contributed by atoms with Gasteiger partial charge in [0, 0.05) is 12.5 Å². The molecule has 174 valence electrons. The number of halogens is 6. The minimum Gasteiger partial charge on any atom is -0.363 e. The zero-order valence-electron chi connectivity index (χ0n) is 17.1. The van der Waals surface area contributed by atoms with Gasteiger partial charge in [-0.05, 0) is 24.6 Å². The maximum atomic E-state index is 13.8. The van der Waals surface area contributed by atoms with Crippen molar-refractivity contribution in [3.05, 3.63) is 77.0 Å². The molecule has 4 rings (SSSR count). The second kappa shape index (κ2) is 8.13. The molecule has 2 aromatic carbocycles. The Morgan fingerprint density at radius 1 is 1.06 bits per heavy atom. The van der Waals surface area contributed by atoms with Crippen LogP contribution in [0.25, 0.3) is 0 Å². The standard InChI is InChI=1S/C22H18F6N4O/c1-12-6-8-13(9-7-12)16-10-18(22(26,27)28)32-19(29-16)11-17(31-32)20(33)30-15-5-3-2-4-14(15)21(23,24)25/h2-9,11,16,18,29H,10H2,1H3,(H,30,33)/t16-,18-/m1/s1. The number of amides is 1. The first kappa shape index (κ1) is 22.7. The SMILES string of the molecule is Cc1ccc([C@H]2C[C@H](C(F)(F)F)n3nc(C(=O)Nc4ccccc4C(F)(F)F)cc3N2)cc1. The van der Waals surface area contributed by atoms with E-state index >= 15 is 0 Å². The Bertz CT molecular complexity index is 1170. The number of hydrogen-bond acceptors (Lipinski definition) is 3. The van der Waals surface area contributed by atoms with Gasteiger partial charge in [0.25, 0.3) is 5.91 Å². The van der Waals surface area contributed by atoms with Crippen LogP contribution in [0.15, 0.2) is 54.6 Å². The largest absolute Gasteiger partial charge is 0.418 e. The number of carbonyl (C=O) groups excluding carboxylic acids is 1. The van der Waals surface area contributed by atoms with Crippen LogP contribution in [-0.4, -0.2) is 21.9 Å². The first-order valence-corrected chi connectivity index (χ1v) is 9.90. The van der Waals surface area contributed by atoms with Gasteiger partial charge in [-0.1, -0.05) is 42.0 Å². The topological polar surface area (TPSA) is 59.0 Å². The highest BCUT2D eigenvalue weighted by Gasteiger charge is 2.47. The number of nitrogens with one attached hydrogen (secondary N) is 2. The number of anilines is 2. The van der Waals surface area contributed by atoms with Crippen molar-refractivity contribution < 1.29 is 31.1 Å². The third-order valence-corrected chi connectivity index (χ3v) is 5.38. The Morgan fingerprint density at radius 2 is 1.73 bits per heavy atom. The number of hydrogen-bond donors (Lipinski definition) is 2. The lowest BCUT2D eigenvalue weighted by molar-refractivity contribution is -0.173. The normalized spacial score (nSPS) is 18.4. The van der Waals surface area contributed by atoms with Gasteiger partial charge in [-0.15, -0.1) is 0 Å². The number of aromatic nitrogens is 2. The number of carbonyl (C=O) groups is 1. The van der Waals surface area contributed by atoms with Gasteiger partial charge >= 0.3 is 12.4 Å². The molecule has 11 heteroatoms. The van der Waals surface area contributed by atoms with Gasteiger partial charge in [-0.25, -0.2) is 4.68 Å². The number of alkyl halides is 6. The van der Waals surface area contributed by atoms with E-state index in [0.29, 0.717) is 10.2 Å². The Kier molecular flexibility index (Phi) is 5.59. The molecule has 2 atom stereocenters. The summed E-state index contributed by atoms with van der Waals surface area (Å²) in [5, 5.41) is 8.82. The van der Waals surface area contributed by atoms with Gasteiger partial charge in [0.15, 0.2) is 11.7 Å². The first-order chi connectivity index (χ1) is 15.4. The molecule has 1 aliphatic rings. The summed E-state index contributed by atoms with van der Waals surface area (Å²) >= 11 is 0. The predicted octanol–water partition coefficient (Wildman–Crippen LogP) is 6.12. The molecule has 3 aromatic rings. The van der Waals surface area contributed by atoms with Crippen LogP contribution in [-0.2, 0) is 6.18 Å². The second-order valence-electron chi connectivity index (χ2n) is 7.76. The summed E-state index contributed by atoms with van der Waals surface area (Å²) in [5.41, 5.74) is -0.447. The smallest absolute Gasteiger partial charge is 0.363 e. The van der Waals surface area contributed by atoms with Gasteiger partial charge in [0.1, 0.15) is 5.82 Å². The van der Waals surface area contributed by atoms with Crippen LogP contribution in [0, 0.1) is 6.92 Å². The third-order valence-electron chi connectivity index (χ3n) is 5.38. The summed E-state index contributed by atoms with van der Waals surface area (Å²) in [5.74, 6) is -1.10. The van der Waals surface area contributed by atoms with Gasteiger partial charge in [0.2, 0.25) is 0 Å². The van der Waals surface area contributed by atoms with Crippen molar-refractivity contribution in [1.82, 2.24) is 9.78 Å². The van der Waals surface area contributed by atoms with Crippen molar-refractivity contribution >= 4 is 17.4 Å². The van der Waals surface area contributed by atoms with Crippen LogP contribution in [0.3, 0.4) is 0 Å². The molecule has 0 aliphatic carbocycles. The Hall–Kier alpha value is -3.50. The average Bonchev–Trinajstić information content (AvgIpc) is 3.17. The fourth-order valence-corrected chi connectivity index (χ4v) is 3.73. The maximum absolute atomic E-state index is 13.8. The monoisotopic (exact) mass is 468 g/mol. The van der Waals surface area contributed by atoms with E-state index in [1.807, 2.05) is 6.92 Å². The summed E-state index contributed by atoms with van der Waals surface area (Å²) in [6.45, 7) is 1.85. The van der Waals surface area contributed by atoms with E-state index in [1.54, 1.807) is 24.3 Å². The number of rotatable bonds is 3. The number of aryl methyl sites for hydroxylation is 1. The quantitative estimate of drug-likeness (QED) is 0.455. The summed E-state index contributed by atoms with van der Waals surface area (Å²) < 4.78 is 81.6. The Morgan fingerprint density at radius 3 is 2.36 bits per heavy atom. The van der Waals surface area contributed by atoms with Crippen LogP contribution in [0.2, 0.25) is 0 Å². The molecule has 1 aliphatic heterocycles. The molecular weight excluding hydrogens is 450 g/mol. The number of para-hydroxylation sites is 1. The van der Waals surface area contributed by atoms with Crippen LogP contribution in [0.5, 0.6) is 0 Å². The zero-order chi connectivity index (χ0) is 24.0. The molecule has 1 aromatic heterocycles. The van der Waals surface area contributed by atoms with Crippen LogP contribution >= 0.6 is 0 Å². The molecule has 1 amide bonds. The van der Waals surface area contributed by atoms with E-state index in [0.717, 1.165) is 29.8 Å². The van der Waals surface area contributed by atoms with Crippen molar-refractivity contribution in [1.29, 1.82) is 0 Å². The Balaban J connectivity index is 1.65. The van der Waals surface area contributed by atoms with Crippen molar-refractivity contribution in [2.45, 2.75) is 37.8 Å². The lowest BCUT2D eigenvalue weighted by Gasteiger charge is -2.33. The van der Waals surface area contributed by atoms with Gasteiger partial charge in [-0.2, -0.15) is 31.4 Å². The number of fused-ring (bicyclic) bond motifs is 1. The lowest BCUT2D eigenvalue weighted by Crippen LogP contribution is -2.35. The lowest BCUT2D eigenvalue weighted by atomic mass is 9.96. The molecule has 0 spiro atoms.